The number of benzene rings is 2. The second kappa shape index (κ2) is 6.04. The Hall–Kier alpha value is -1.96. The lowest BCUT2D eigenvalue weighted by Gasteiger charge is -2.09. The zero-order chi connectivity index (χ0) is 16.5. The van der Waals surface area contributed by atoms with Crippen molar-refractivity contribution in [2.24, 2.45) is 5.14 Å². The molecular weight excluding hydrogens is 331 g/mol. The maximum Gasteiger partial charge on any atom is 0.255 e. The van der Waals surface area contributed by atoms with Gasteiger partial charge in [0, 0.05) is 5.56 Å². The fourth-order valence-corrected chi connectivity index (χ4v) is 2.87. The lowest BCUT2D eigenvalue weighted by Crippen LogP contribution is -2.16. The van der Waals surface area contributed by atoms with Gasteiger partial charge in [-0.15, -0.1) is 0 Å². The third kappa shape index (κ3) is 3.44. The Morgan fingerprint density at radius 2 is 1.95 bits per heavy atom. The van der Waals surface area contributed by atoms with Crippen molar-refractivity contribution in [2.75, 3.05) is 5.32 Å². The summed E-state index contributed by atoms with van der Waals surface area (Å²) in [7, 11) is -4.06. The fraction of sp³-hybridized carbons (Fsp3) is 0.0714. The number of carbonyl (C=O) groups is 1. The molecule has 8 heteroatoms. The van der Waals surface area contributed by atoms with Gasteiger partial charge in [-0.1, -0.05) is 23.7 Å². The van der Waals surface area contributed by atoms with Crippen LogP contribution in [0, 0.1) is 12.7 Å². The molecule has 22 heavy (non-hydrogen) atoms. The van der Waals surface area contributed by atoms with Gasteiger partial charge >= 0.3 is 0 Å². The number of hydrogen-bond donors (Lipinski definition) is 2. The van der Waals surface area contributed by atoms with Crippen LogP contribution in [0.4, 0.5) is 10.1 Å². The molecule has 0 saturated heterocycles. The van der Waals surface area contributed by atoms with Crippen LogP contribution in [0.3, 0.4) is 0 Å². The summed E-state index contributed by atoms with van der Waals surface area (Å²) >= 11 is 5.74. The van der Waals surface area contributed by atoms with Gasteiger partial charge in [-0.05, 0) is 36.8 Å². The van der Waals surface area contributed by atoms with Crippen molar-refractivity contribution >= 4 is 33.2 Å². The predicted molar refractivity (Wildman–Crippen MR) is 81.9 cm³/mol. The molecule has 0 heterocycles. The maximum atomic E-state index is 13.9. The molecule has 0 bridgehead atoms. The standard InChI is InChI=1S/C14H12ClFN2O3S/c1-8-3-2-4-11(13(8)16)18-14(19)9-5-6-10(15)12(7-9)22(17,20)21/h2-7H,1H3,(H,18,19)(H2,17,20,21). The van der Waals surface area contributed by atoms with E-state index in [4.69, 9.17) is 16.7 Å². The van der Waals surface area contributed by atoms with Crippen molar-refractivity contribution in [3.8, 4) is 0 Å². The van der Waals surface area contributed by atoms with Gasteiger partial charge in [0.1, 0.15) is 10.7 Å². The molecule has 0 aliphatic carbocycles. The number of rotatable bonds is 3. The van der Waals surface area contributed by atoms with Crippen LogP contribution in [-0.4, -0.2) is 14.3 Å². The van der Waals surface area contributed by atoms with Crippen LogP contribution in [-0.2, 0) is 10.0 Å². The van der Waals surface area contributed by atoms with E-state index in [9.17, 15) is 17.6 Å². The second-order valence-electron chi connectivity index (χ2n) is 4.58. The van der Waals surface area contributed by atoms with Gasteiger partial charge in [-0.3, -0.25) is 4.79 Å². The van der Waals surface area contributed by atoms with Crippen molar-refractivity contribution in [1.82, 2.24) is 0 Å². The number of carbonyl (C=O) groups excluding carboxylic acids is 1. The highest BCUT2D eigenvalue weighted by Gasteiger charge is 2.17. The van der Waals surface area contributed by atoms with E-state index < -0.39 is 21.7 Å². The summed E-state index contributed by atoms with van der Waals surface area (Å²) in [6.45, 7) is 1.56. The average molecular weight is 343 g/mol. The number of aryl methyl sites for hydroxylation is 1. The first-order valence-electron chi connectivity index (χ1n) is 6.09. The van der Waals surface area contributed by atoms with Crippen molar-refractivity contribution in [2.45, 2.75) is 11.8 Å². The maximum absolute atomic E-state index is 13.9. The first-order chi connectivity index (χ1) is 10.2. The Morgan fingerprint density at radius 3 is 2.59 bits per heavy atom. The van der Waals surface area contributed by atoms with Crippen LogP contribution in [0.25, 0.3) is 0 Å². The summed E-state index contributed by atoms with van der Waals surface area (Å²) in [5.74, 6) is -1.23. The van der Waals surface area contributed by atoms with Crippen molar-refractivity contribution in [1.29, 1.82) is 0 Å². The molecule has 0 fully saturated rings. The van der Waals surface area contributed by atoms with Gasteiger partial charge in [0.2, 0.25) is 10.0 Å². The van der Waals surface area contributed by atoms with Crippen LogP contribution < -0.4 is 10.5 Å². The molecule has 0 saturated carbocycles. The van der Waals surface area contributed by atoms with Crippen LogP contribution in [0.15, 0.2) is 41.3 Å². The molecule has 116 valence electrons. The highest BCUT2D eigenvalue weighted by Crippen LogP contribution is 2.23. The summed E-state index contributed by atoms with van der Waals surface area (Å²) in [6, 6.07) is 8.15. The molecule has 3 N–H and O–H groups in total. The SMILES string of the molecule is Cc1cccc(NC(=O)c2ccc(Cl)c(S(N)(=O)=O)c2)c1F. The number of primary sulfonamides is 1. The third-order valence-electron chi connectivity index (χ3n) is 2.94. The number of halogens is 2. The average Bonchev–Trinajstić information content (AvgIpc) is 2.43. The van der Waals surface area contributed by atoms with Crippen molar-refractivity contribution in [3.63, 3.8) is 0 Å². The number of nitrogens with one attached hydrogen (secondary N) is 1. The van der Waals surface area contributed by atoms with Crippen LogP contribution in [0.1, 0.15) is 15.9 Å². The van der Waals surface area contributed by atoms with Gasteiger partial charge in [0.15, 0.2) is 0 Å². The molecular formula is C14H12ClFN2O3S. The Bertz CT molecular complexity index is 853. The zero-order valence-electron chi connectivity index (χ0n) is 11.4. The topological polar surface area (TPSA) is 89.3 Å². The van der Waals surface area contributed by atoms with E-state index in [-0.39, 0.29) is 21.2 Å². The van der Waals surface area contributed by atoms with Gasteiger partial charge in [0.25, 0.3) is 5.91 Å². The molecule has 0 unspecified atom stereocenters. The van der Waals surface area contributed by atoms with Crippen molar-refractivity contribution < 1.29 is 17.6 Å². The lowest BCUT2D eigenvalue weighted by molar-refractivity contribution is 0.102. The van der Waals surface area contributed by atoms with Crippen LogP contribution in [0.5, 0.6) is 0 Å². The third-order valence-corrected chi connectivity index (χ3v) is 4.33. The predicted octanol–water partition coefficient (Wildman–Crippen LogP) is 2.69. The molecule has 0 atom stereocenters. The van der Waals surface area contributed by atoms with Crippen LogP contribution in [0.2, 0.25) is 5.02 Å². The summed E-state index contributed by atoms with van der Waals surface area (Å²) in [6.07, 6.45) is 0. The fourth-order valence-electron chi connectivity index (χ4n) is 1.80. The highest BCUT2D eigenvalue weighted by atomic mass is 35.5. The summed E-state index contributed by atoms with van der Waals surface area (Å²) in [5.41, 5.74) is 0.366. The number of sulfonamides is 1. The Morgan fingerprint density at radius 1 is 1.27 bits per heavy atom. The summed E-state index contributed by atoms with van der Waals surface area (Å²) in [4.78, 5) is 11.7. The number of hydrogen-bond acceptors (Lipinski definition) is 3. The molecule has 0 aliphatic heterocycles. The Labute approximate surface area is 131 Å². The van der Waals surface area contributed by atoms with E-state index in [2.05, 4.69) is 5.32 Å². The van der Waals surface area contributed by atoms with E-state index in [0.717, 1.165) is 6.07 Å². The Kier molecular flexibility index (Phi) is 4.50. The smallest absolute Gasteiger partial charge is 0.255 e. The first-order valence-corrected chi connectivity index (χ1v) is 8.01. The summed E-state index contributed by atoms with van der Waals surface area (Å²) < 4.78 is 36.6. The Balaban J connectivity index is 2.37. The molecule has 5 nitrogen and oxygen atoms in total. The van der Waals surface area contributed by atoms with E-state index in [1.165, 1.54) is 18.2 Å². The summed E-state index contributed by atoms with van der Waals surface area (Å²) in [5, 5.41) is 7.30. The molecule has 1 amide bonds. The van der Waals surface area contributed by atoms with Gasteiger partial charge in [0.05, 0.1) is 10.7 Å². The largest absolute Gasteiger partial charge is 0.319 e. The van der Waals surface area contributed by atoms with Gasteiger partial charge in [-0.25, -0.2) is 17.9 Å². The number of amides is 1. The highest BCUT2D eigenvalue weighted by molar-refractivity contribution is 7.89. The van der Waals surface area contributed by atoms with E-state index >= 15 is 0 Å². The second-order valence-corrected chi connectivity index (χ2v) is 6.52. The number of nitrogens with two attached hydrogens (primary N) is 1. The van der Waals surface area contributed by atoms with E-state index in [0.29, 0.717) is 5.56 Å². The van der Waals surface area contributed by atoms with Gasteiger partial charge < -0.3 is 5.32 Å². The van der Waals surface area contributed by atoms with Crippen molar-refractivity contribution in [3.05, 3.63) is 58.4 Å². The molecule has 2 aromatic rings. The van der Waals surface area contributed by atoms with Crippen LogP contribution >= 0.6 is 11.6 Å². The lowest BCUT2D eigenvalue weighted by atomic mass is 10.1. The van der Waals surface area contributed by atoms with Gasteiger partial charge in [-0.2, -0.15) is 0 Å². The number of anilines is 1. The minimum atomic E-state index is -4.06. The zero-order valence-corrected chi connectivity index (χ0v) is 13.0. The molecule has 2 aromatic carbocycles. The van der Waals surface area contributed by atoms with E-state index in [1.807, 2.05) is 0 Å². The first kappa shape index (κ1) is 16.4. The molecule has 0 aromatic heterocycles. The minimum Gasteiger partial charge on any atom is -0.319 e. The quantitative estimate of drug-likeness (QED) is 0.898. The molecule has 0 aliphatic rings. The monoisotopic (exact) mass is 342 g/mol. The molecule has 2 rings (SSSR count). The normalized spacial score (nSPS) is 11.3. The molecule has 0 spiro atoms. The minimum absolute atomic E-state index is 0.00268. The molecule has 0 radical (unpaired) electrons. The van der Waals surface area contributed by atoms with E-state index in [1.54, 1.807) is 19.1 Å².